The second-order valence-corrected chi connectivity index (χ2v) is 5.95. The zero-order valence-electron chi connectivity index (χ0n) is 14.6. The lowest BCUT2D eigenvalue weighted by Crippen LogP contribution is -2.48. The molecular weight excluding hydrogens is 308 g/mol. The molecule has 1 heterocycles. The van der Waals surface area contributed by atoms with E-state index in [1.54, 1.807) is 19.2 Å². The number of ether oxygens (including phenoxy) is 2. The van der Waals surface area contributed by atoms with E-state index in [0.717, 1.165) is 19.4 Å². The number of amides is 1. The number of para-hydroxylation sites is 2. The lowest BCUT2D eigenvalue weighted by Gasteiger charge is -2.35. The Kier molecular flexibility index (Phi) is 6.61. The van der Waals surface area contributed by atoms with Crippen LogP contribution < -0.4 is 10.1 Å². The summed E-state index contributed by atoms with van der Waals surface area (Å²) in [6, 6.07) is 6.98. The molecule has 24 heavy (non-hydrogen) atoms. The van der Waals surface area contributed by atoms with Crippen LogP contribution in [0, 0.1) is 5.92 Å². The van der Waals surface area contributed by atoms with E-state index in [2.05, 4.69) is 5.32 Å². The Morgan fingerprint density at radius 1 is 1.38 bits per heavy atom. The third-order valence-electron chi connectivity index (χ3n) is 4.36. The number of benzene rings is 1. The third kappa shape index (κ3) is 4.47. The minimum atomic E-state index is -0.327. The standard InChI is InChI=1S/C18H26N2O4/c1-4-24-18(22)14-8-7-11-20(12-14)13(2)17(21)19-15-9-5-6-10-16(15)23-3/h5-6,9-10,13-14H,4,7-8,11-12H2,1-3H3,(H,19,21)/t13-,14-/m0/s1. The van der Waals surface area contributed by atoms with Crippen molar-refractivity contribution >= 4 is 17.6 Å². The summed E-state index contributed by atoms with van der Waals surface area (Å²) in [7, 11) is 1.57. The van der Waals surface area contributed by atoms with Crippen LogP contribution in [0.5, 0.6) is 5.75 Å². The fourth-order valence-corrected chi connectivity index (χ4v) is 2.96. The van der Waals surface area contributed by atoms with Gasteiger partial charge in [-0.2, -0.15) is 0 Å². The molecule has 0 saturated carbocycles. The maximum Gasteiger partial charge on any atom is 0.310 e. The van der Waals surface area contributed by atoms with E-state index >= 15 is 0 Å². The highest BCUT2D eigenvalue weighted by molar-refractivity contribution is 5.95. The molecular formula is C18H26N2O4. The van der Waals surface area contributed by atoms with Gasteiger partial charge in [0.1, 0.15) is 5.75 Å². The van der Waals surface area contributed by atoms with Crippen molar-refractivity contribution in [2.45, 2.75) is 32.7 Å². The first-order valence-electron chi connectivity index (χ1n) is 8.41. The van der Waals surface area contributed by atoms with E-state index < -0.39 is 0 Å². The monoisotopic (exact) mass is 334 g/mol. The van der Waals surface area contributed by atoms with Gasteiger partial charge in [0.25, 0.3) is 0 Å². The minimum Gasteiger partial charge on any atom is -0.495 e. The number of carbonyl (C=O) groups excluding carboxylic acids is 2. The van der Waals surface area contributed by atoms with Crippen LogP contribution in [0.4, 0.5) is 5.69 Å². The highest BCUT2D eigenvalue weighted by Gasteiger charge is 2.31. The number of nitrogens with one attached hydrogen (secondary N) is 1. The van der Waals surface area contributed by atoms with Crippen LogP contribution >= 0.6 is 0 Å². The van der Waals surface area contributed by atoms with E-state index in [4.69, 9.17) is 9.47 Å². The molecule has 132 valence electrons. The second-order valence-electron chi connectivity index (χ2n) is 5.95. The molecule has 0 aromatic heterocycles. The smallest absolute Gasteiger partial charge is 0.310 e. The number of anilines is 1. The van der Waals surface area contributed by atoms with Crippen molar-refractivity contribution in [2.24, 2.45) is 5.92 Å². The van der Waals surface area contributed by atoms with Crippen LogP contribution in [0.15, 0.2) is 24.3 Å². The average Bonchev–Trinajstić information content (AvgIpc) is 2.61. The number of methoxy groups -OCH3 is 1. The summed E-state index contributed by atoms with van der Waals surface area (Å²) in [5.41, 5.74) is 0.649. The lowest BCUT2D eigenvalue weighted by atomic mass is 9.97. The van der Waals surface area contributed by atoms with Gasteiger partial charge in [-0.05, 0) is 45.4 Å². The molecule has 6 heteroatoms. The Hall–Kier alpha value is -2.08. The molecule has 0 radical (unpaired) electrons. The molecule has 0 bridgehead atoms. The predicted molar refractivity (Wildman–Crippen MR) is 92.0 cm³/mol. The summed E-state index contributed by atoms with van der Waals surface area (Å²) < 4.78 is 10.4. The molecule has 6 nitrogen and oxygen atoms in total. The summed E-state index contributed by atoms with van der Waals surface area (Å²) in [6.07, 6.45) is 1.70. The first-order chi connectivity index (χ1) is 11.6. The van der Waals surface area contributed by atoms with Crippen LogP contribution in [0.2, 0.25) is 0 Å². The Morgan fingerprint density at radius 2 is 2.12 bits per heavy atom. The average molecular weight is 334 g/mol. The quantitative estimate of drug-likeness (QED) is 0.809. The Labute approximate surface area is 143 Å². The van der Waals surface area contributed by atoms with Gasteiger partial charge in [0, 0.05) is 6.54 Å². The van der Waals surface area contributed by atoms with Gasteiger partial charge in [-0.1, -0.05) is 12.1 Å². The van der Waals surface area contributed by atoms with Crippen molar-refractivity contribution in [3.63, 3.8) is 0 Å². The minimum absolute atomic E-state index is 0.107. The topological polar surface area (TPSA) is 67.9 Å². The Balaban J connectivity index is 1.98. The highest BCUT2D eigenvalue weighted by Crippen LogP contribution is 2.24. The van der Waals surface area contributed by atoms with E-state index in [1.807, 2.05) is 30.9 Å². The second kappa shape index (κ2) is 8.68. The summed E-state index contributed by atoms with van der Waals surface area (Å²) in [5.74, 6) is 0.199. The number of hydrogen-bond donors (Lipinski definition) is 1. The zero-order valence-corrected chi connectivity index (χ0v) is 14.6. The normalized spacial score (nSPS) is 19.4. The van der Waals surface area contributed by atoms with Gasteiger partial charge >= 0.3 is 5.97 Å². The van der Waals surface area contributed by atoms with Gasteiger partial charge in [-0.25, -0.2) is 0 Å². The van der Waals surface area contributed by atoms with Crippen LogP contribution in [0.25, 0.3) is 0 Å². The van der Waals surface area contributed by atoms with Gasteiger partial charge in [0.05, 0.1) is 31.4 Å². The number of rotatable bonds is 6. The van der Waals surface area contributed by atoms with Gasteiger partial charge in [0.15, 0.2) is 0 Å². The number of esters is 1. The molecule has 2 rings (SSSR count). The Bertz CT molecular complexity index is 576. The van der Waals surface area contributed by atoms with Crippen LogP contribution in [0.3, 0.4) is 0 Å². The largest absolute Gasteiger partial charge is 0.495 e. The van der Waals surface area contributed by atoms with Gasteiger partial charge < -0.3 is 14.8 Å². The van der Waals surface area contributed by atoms with Crippen molar-refractivity contribution in [2.75, 3.05) is 32.1 Å². The lowest BCUT2D eigenvalue weighted by molar-refractivity contribution is -0.150. The molecule has 1 fully saturated rings. The van der Waals surface area contributed by atoms with Crippen molar-refractivity contribution < 1.29 is 19.1 Å². The van der Waals surface area contributed by atoms with E-state index in [1.165, 1.54) is 0 Å². The van der Waals surface area contributed by atoms with Crippen LogP contribution in [-0.2, 0) is 14.3 Å². The summed E-state index contributed by atoms with van der Waals surface area (Å²) in [5, 5.41) is 2.91. The van der Waals surface area contributed by atoms with Crippen LogP contribution in [0.1, 0.15) is 26.7 Å². The third-order valence-corrected chi connectivity index (χ3v) is 4.36. The molecule has 1 aromatic rings. The summed E-state index contributed by atoms with van der Waals surface area (Å²) in [4.78, 5) is 26.5. The maximum absolute atomic E-state index is 12.6. The fourth-order valence-electron chi connectivity index (χ4n) is 2.96. The molecule has 1 aliphatic heterocycles. The first-order valence-corrected chi connectivity index (χ1v) is 8.41. The van der Waals surface area contributed by atoms with Gasteiger partial charge in [-0.15, -0.1) is 0 Å². The summed E-state index contributed by atoms with van der Waals surface area (Å²) >= 11 is 0. The Morgan fingerprint density at radius 3 is 2.83 bits per heavy atom. The van der Waals surface area contributed by atoms with Gasteiger partial charge in [-0.3, -0.25) is 14.5 Å². The molecule has 2 atom stereocenters. The number of hydrogen-bond acceptors (Lipinski definition) is 5. The predicted octanol–water partition coefficient (Wildman–Crippen LogP) is 2.30. The number of piperidine rings is 1. The zero-order chi connectivity index (χ0) is 17.5. The van der Waals surface area contributed by atoms with Crippen molar-refractivity contribution in [3.05, 3.63) is 24.3 Å². The van der Waals surface area contributed by atoms with Gasteiger partial charge in [0.2, 0.25) is 5.91 Å². The number of carbonyl (C=O) groups is 2. The SMILES string of the molecule is CCOC(=O)[C@H]1CCCN([C@@H](C)C(=O)Nc2ccccc2OC)C1. The fraction of sp³-hybridized carbons (Fsp3) is 0.556. The molecule has 0 aliphatic carbocycles. The maximum atomic E-state index is 12.6. The molecule has 0 spiro atoms. The van der Waals surface area contributed by atoms with E-state index in [-0.39, 0.29) is 23.8 Å². The van der Waals surface area contributed by atoms with Crippen molar-refractivity contribution in [1.82, 2.24) is 4.90 Å². The molecule has 1 saturated heterocycles. The van der Waals surface area contributed by atoms with E-state index in [9.17, 15) is 9.59 Å². The van der Waals surface area contributed by atoms with Crippen molar-refractivity contribution in [1.29, 1.82) is 0 Å². The van der Waals surface area contributed by atoms with E-state index in [0.29, 0.717) is 24.6 Å². The molecule has 0 unspecified atom stereocenters. The summed E-state index contributed by atoms with van der Waals surface area (Å²) in [6.45, 7) is 5.41. The molecule has 1 aromatic carbocycles. The van der Waals surface area contributed by atoms with Crippen LogP contribution in [-0.4, -0.2) is 49.6 Å². The number of nitrogens with zero attached hydrogens (tertiary/aromatic N) is 1. The molecule has 1 N–H and O–H groups in total. The van der Waals surface area contributed by atoms with Crippen molar-refractivity contribution in [3.8, 4) is 5.75 Å². The molecule has 1 aliphatic rings. The first kappa shape index (κ1) is 18.3. The highest BCUT2D eigenvalue weighted by atomic mass is 16.5. The molecule has 1 amide bonds. The number of likely N-dealkylation sites (tertiary alicyclic amines) is 1.